The summed E-state index contributed by atoms with van der Waals surface area (Å²) in [6, 6.07) is 27.1. The van der Waals surface area contributed by atoms with Crippen molar-refractivity contribution in [3.05, 3.63) is 112 Å². The molecule has 0 bridgehead atoms. The minimum Gasteiger partial charge on any atom is -0.351 e. The SMILES string of the molecule is Cc1cc(N2C(=S)N[C@H](c3ccccn3)[C@H]2c2ccc(C)n2-c2ccccc2)ccc1Br. The second-order valence-electron chi connectivity index (χ2n) is 8.00. The zero-order chi connectivity index (χ0) is 22.2. The van der Waals surface area contributed by atoms with Gasteiger partial charge >= 0.3 is 0 Å². The molecular formula is C26H23BrN4S. The lowest BCUT2D eigenvalue weighted by Crippen LogP contribution is -2.30. The molecule has 1 fully saturated rings. The zero-order valence-electron chi connectivity index (χ0n) is 17.9. The highest BCUT2D eigenvalue weighted by molar-refractivity contribution is 9.10. The lowest BCUT2D eigenvalue weighted by Gasteiger charge is -2.29. The predicted octanol–water partition coefficient (Wildman–Crippen LogP) is 6.43. The number of hydrogen-bond donors (Lipinski definition) is 1. The maximum absolute atomic E-state index is 5.89. The Morgan fingerprint density at radius 3 is 2.41 bits per heavy atom. The fourth-order valence-corrected chi connectivity index (χ4v) is 5.02. The first-order chi connectivity index (χ1) is 15.5. The number of halogens is 1. The third-order valence-corrected chi connectivity index (χ3v) is 7.15. The number of nitrogens with zero attached hydrogens (tertiary/aromatic N) is 3. The second kappa shape index (κ2) is 8.52. The van der Waals surface area contributed by atoms with Crippen LogP contribution in [0, 0.1) is 13.8 Å². The summed E-state index contributed by atoms with van der Waals surface area (Å²) in [4.78, 5) is 6.90. The number of benzene rings is 2. The van der Waals surface area contributed by atoms with Crippen LogP contribution in [0.5, 0.6) is 0 Å². The van der Waals surface area contributed by atoms with E-state index in [-0.39, 0.29) is 12.1 Å². The average molecular weight is 503 g/mol. The first kappa shape index (κ1) is 20.9. The summed E-state index contributed by atoms with van der Waals surface area (Å²) in [5, 5.41) is 4.26. The maximum atomic E-state index is 5.89. The van der Waals surface area contributed by atoms with Crippen molar-refractivity contribution in [1.82, 2.24) is 14.9 Å². The molecule has 2 aromatic carbocycles. The number of aryl methyl sites for hydroxylation is 2. The Kier molecular flexibility index (Phi) is 5.57. The van der Waals surface area contributed by atoms with Crippen molar-refractivity contribution < 1.29 is 0 Å². The Labute approximate surface area is 202 Å². The van der Waals surface area contributed by atoms with Gasteiger partial charge in [0.2, 0.25) is 0 Å². The molecule has 0 aliphatic carbocycles. The van der Waals surface area contributed by atoms with E-state index < -0.39 is 0 Å². The second-order valence-corrected chi connectivity index (χ2v) is 9.24. The fourth-order valence-electron chi connectivity index (χ4n) is 4.43. The molecule has 0 spiro atoms. The third-order valence-electron chi connectivity index (χ3n) is 5.94. The van der Waals surface area contributed by atoms with Crippen LogP contribution in [0.15, 0.2) is 89.5 Å². The Hall–Kier alpha value is -2.96. The summed E-state index contributed by atoms with van der Waals surface area (Å²) in [6.45, 7) is 4.24. The number of para-hydroxylation sites is 1. The van der Waals surface area contributed by atoms with E-state index in [0.29, 0.717) is 5.11 Å². The molecule has 4 aromatic rings. The molecule has 1 N–H and O–H groups in total. The summed E-state index contributed by atoms with van der Waals surface area (Å²) in [6.07, 6.45) is 1.84. The number of anilines is 1. The van der Waals surface area contributed by atoms with Gasteiger partial charge in [-0.3, -0.25) is 4.98 Å². The third kappa shape index (κ3) is 3.63. The minimum atomic E-state index is -0.0792. The molecule has 2 atom stereocenters. The van der Waals surface area contributed by atoms with E-state index in [0.717, 1.165) is 27.2 Å². The Morgan fingerprint density at radius 1 is 0.906 bits per heavy atom. The number of rotatable bonds is 4. The smallest absolute Gasteiger partial charge is 0.174 e. The van der Waals surface area contributed by atoms with Crippen molar-refractivity contribution in [2.45, 2.75) is 25.9 Å². The maximum Gasteiger partial charge on any atom is 0.174 e. The van der Waals surface area contributed by atoms with Crippen molar-refractivity contribution in [2.24, 2.45) is 0 Å². The minimum absolute atomic E-state index is 0.0631. The largest absolute Gasteiger partial charge is 0.351 e. The van der Waals surface area contributed by atoms with Crippen LogP contribution in [0.1, 0.15) is 34.7 Å². The highest BCUT2D eigenvalue weighted by atomic mass is 79.9. The molecule has 0 saturated carbocycles. The number of nitrogens with one attached hydrogen (secondary N) is 1. The van der Waals surface area contributed by atoms with Crippen LogP contribution >= 0.6 is 28.1 Å². The molecule has 160 valence electrons. The number of hydrogen-bond acceptors (Lipinski definition) is 2. The van der Waals surface area contributed by atoms with Crippen molar-refractivity contribution in [3.8, 4) is 5.69 Å². The van der Waals surface area contributed by atoms with Gasteiger partial charge in [-0.25, -0.2) is 0 Å². The van der Waals surface area contributed by atoms with Gasteiger partial charge in [0.25, 0.3) is 0 Å². The molecule has 1 saturated heterocycles. The van der Waals surface area contributed by atoms with E-state index in [1.54, 1.807) is 0 Å². The van der Waals surface area contributed by atoms with Crippen LogP contribution < -0.4 is 10.2 Å². The number of pyridine rings is 1. The van der Waals surface area contributed by atoms with E-state index in [4.69, 9.17) is 12.2 Å². The topological polar surface area (TPSA) is 33.1 Å². The van der Waals surface area contributed by atoms with Crippen LogP contribution in [0.25, 0.3) is 5.69 Å². The lowest BCUT2D eigenvalue weighted by atomic mass is 10.0. The molecule has 0 radical (unpaired) electrons. The molecule has 1 aliphatic rings. The van der Waals surface area contributed by atoms with Gasteiger partial charge in [-0.05, 0) is 86.2 Å². The molecule has 0 unspecified atom stereocenters. The molecular weight excluding hydrogens is 480 g/mol. The first-order valence-electron chi connectivity index (χ1n) is 10.5. The van der Waals surface area contributed by atoms with E-state index >= 15 is 0 Å². The molecule has 3 heterocycles. The highest BCUT2D eigenvalue weighted by Gasteiger charge is 2.42. The zero-order valence-corrected chi connectivity index (χ0v) is 20.3. The number of thiocarbonyl (C=S) groups is 1. The monoisotopic (exact) mass is 502 g/mol. The van der Waals surface area contributed by atoms with Gasteiger partial charge in [-0.15, -0.1) is 0 Å². The summed E-state index contributed by atoms with van der Waals surface area (Å²) in [5.74, 6) is 0. The van der Waals surface area contributed by atoms with Crippen molar-refractivity contribution in [3.63, 3.8) is 0 Å². The summed E-state index contributed by atoms with van der Waals surface area (Å²) in [7, 11) is 0. The van der Waals surface area contributed by atoms with Crippen LogP contribution in [0.2, 0.25) is 0 Å². The molecule has 4 nitrogen and oxygen atoms in total. The molecule has 6 heteroatoms. The average Bonchev–Trinajstić information content (AvgIpc) is 3.36. The molecule has 0 amide bonds. The van der Waals surface area contributed by atoms with Gasteiger partial charge in [0.15, 0.2) is 5.11 Å². The van der Waals surface area contributed by atoms with Crippen molar-refractivity contribution in [1.29, 1.82) is 0 Å². The van der Waals surface area contributed by atoms with Gasteiger partial charge in [0, 0.05) is 33.4 Å². The van der Waals surface area contributed by atoms with E-state index in [2.05, 4.69) is 110 Å². The summed E-state index contributed by atoms with van der Waals surface area (Å²) >= 11 is 9.51. The predicted molar refractivity (Wildman–Crippen MR) is 137 cm³/mol. The quantitative estimate of drug-likeness (QED) is 0.326. The fraction of sp³-hybridized carbons (Fsp3) is 0.154. The van der Waals surface area contributed by atoms with Crippen LogP contribution in [-0.2, 0) is 0 Å². The highest BCUT2D eigenvalue weighted by Crippen LogP contribution is 2.43. The lowest BCUT2D eigenvalue weighted by molar-refractivity contribution is 0.548. The Bertz CT molecular complexity index is 1270. The van der Waals surface area contributed by atoms with Crippen LogP contribution in [0.4, 0.5) is 5.69 Å². The van der Waals surface area contributed by atoms with Gasteiger partial charge < -0.3 is 14.8 Å². The molecule has 1 aliphatic heterocycles. The summed E-state index contributed by atoms with van der Waals surface area (Å²) < 4.78 is 3.40. The standard InChI is InChI=1S/C26H23BrN4S/c1-17-16-20(12-13-21(17)27)31-25(24(29-26(31)32)22-10-6-7-15-28-22)23-14-11-18(2)30(23)19-8-4-3-5-9-19/h3-16,24-25H,1-2H3,(H,29,32)/t24-,25-/m1/s1. The van der Waals surface area contributed by atoms with E-state index in [1.807, 2.05) is 24.4 Å². The Morgan fingerprint density at radius 2 is 1.69 bits per heavy atom. The first-order valence-corrected chi connectivity index (χ1v) is 11.7. The molecule has 2 aromatic heterocycles. The van der Waals surface area contributed by atoms with E-state index in [1.165, 1.54) is 11.3 Å². The molecule has 5 rings (SSSR count). The van der Waals surface area contributed by atoms with Crippen LogP contribution in [0.3, 0.4) is 0 Å². The van der Waals surface area contributed by atoms with Gasteiger partial charge in [0.1, 0.15) is 6.04 Å². The molecule has 32 heavy (non-hydrogen) atoms. The number of aromatic nitrogens is 2. The normalized spacial score (nSPS) is 18.1. The van der Waals surface area contributed by atoms with Gasteiger partial charge in [-0.2, -0.15) is 0 Å². The van der Waals surface area contributed by atoms with Crippen molar-refractivity contribution in [2.75, 3.05) is 4.90 Å². The van der Waals surface area contributed by atoms with Gasteiger partial charge in [-0.1, -0.05) is 40.2 Å². The van der Waals surface area contributed by atoms with Crippen LogP contribution in [-0.4, -0.2) is 14.7 Å². The van der Waals surface area contributed by atoms with E-state index in [9.17, 15) is 0 Å². The van der Waals surface area contributed by atoms with Crippen molar-refractivity contribution >= 4 is 38.9 Å². The summed E-state index contributed by atoms with van der Waals surface area (Å²) in [5.41, 5.74) is 6.67. The van der Waals surface area contributed by atoms with Gasteiger partial charge in [0.05, 0.1) is 11.7 Å². The Balaban J connectivity index is 1.71.